The second-order valence-electron chi connectivity index (χ2n) is 7.48. The number of aliphatic imine (C=N–C) groups is 1. The van der Waals surface area contributed by atoms with Crippen molar-refractivity contribution in [1.82, 2.24) is 10.2 Å². The third-order valence-corrected chi connectivity index (χ3v) is 5.79. The Morgan fingerprint density at radius 2 is 1.45 bits per heavy atom. The molecule has 0 aromatic heterocycles. The first-order valence-electron chi connectivity index (χ1n) is 9.67. The summed E-state index contributed by atoms with van der Waals surface area (Å²) < 4.78 is 0. The van der Waals surface area contributed by atoms with Crippen LogP contribution < -0.4 is 11.1 Å². The smallest absolute Gasteiger partial charge is 0.192 e. The molecule has 3 fully saturated rings. The highest BCUT2D eigenvalue weighted by molar-refractivity contribution is 5.79. The van der Waals surface area contributed by atoms with Gasteiger partial charge in [0.05, 0.1) is 6.04 Å². The predicted octanol–water partition coefficient (Wildman–Crippen LogP) is 3.02. The van der Waals surface area contributed by atoms with Crippen LogP contribution >= 0.6 is 0 Å². The van der Waals surface area contributed by atoms with Gasteiger partial charge in [-0.15, -0.1) is 0 Å². The van der Waals surface area contributed by atoms with E-state index in [1.165, 1.54) is 77.0 Å². The number of piperidine rings is 1. The molecule has 0 bridgehead atoms. The second-order valence-corrected chi connectivity index (χ2v) is 7.48. The molecule has 1 saturated heterocycles. The molecule has 0 spiro atoms. The Morgan fingerprint density at radius 3 is 2.09 bits per heavy atom. The first-order chi connectivity index (χ1) is 10.8. The Hall–Kier alpha value is -0.770. The van der Waals surface area contributed by atoms with Crippen LogP contribution in [0.5, 0.6) is 0 Å². The van der Waals surface area contributed by atoms with Gasteiger partial charge in [0.2, 0.25) is 0 Å². The fourth-order valence-corrected chi connectivity index (χ4v) is 4.57. The molecule has 2 aliphatic carbocycles. The summed E-state index contributed by atoms with van der Waals surface area (Å²) in [7, 11) is 0. The van der Waals surface area contributed by atoms with Crippen molar-refractivity contribution in [3.05, 3.63) is 0 Å². The van der Waals surface area contributed by atoms with Crippen molar-refractivity contribution in [2.45, 2.75) is 95.2 Å². The number of rotatable bonds is 3. The van der Waals surface area contributed by atoms with Crippen LogP contribution in [0.25, 0.3) is 0 Å². The van der Waals surface area contributed by atoms with Crippen molar-refractivity contribution < 1.29 is 0 Å². The molecule has 3 N–H and O–H groups in total. The van der Waals surface area contributed by atoms with E-state index in [1.54, 1.807) is 0 Å². The summed E-state index contributed by atoms with van der Waals surface area (Å²) in [4.78, 5) is 7.51. The van der Waals surface area contributed by atoms with Crippen LogP contribution in [0.15, 0.2) is 4.99 Å². The van der Waals surface area contributed by atoms with Gasteiger partial charge in [-0.2, -0.15) is 0 Å². The molecule has 3 rings (SSSR count). The zero-order valence-electron chi connectivity index (χ0n) is 14.1. The molecule has 1 unspecified atom stereocenters. The van der Waals surface area contributed by atoms with E-state index in [9.17, 15) is 0 Å². The molecule has 4 nitrogen and oxygen atoms in total. The molecule has 3 aliphatic rings. The molecule has 4 heteroatoms. The van der Waals surface area contributed by atoms with Gasteiger partial charge >= 0.3 is 0 Å². The molecule has 1 heterocycles. The summed E-state index contributed by atoms with van der Waals surface area (Å²) in [6.07, 6.45) is 15.8. The average molecular weight is 306 g/mol. The van der Waals surface area contributed by atoms with Gasteiger partial charge in [-0.3, -0.25) is 0 Å². The number of guanidine groups is 1. The summed E-state index contributed by atoms with van der Waals surface area (Å²) in [5.41, 5.74) is 6.56. The minimum Gasteiger partial charge on any atom is -0.370 e. The van der Waals surface area contributed by atoms with E-state index in [1.807, 2.05) is 0 Å². The highest BCUT2D eigenvalue weighted by Gasteiger charge is 2.30. The van der Waals surface area contributed by atoms with Crippen LogP contribution in [-0.4, -0.2) is 42.1 Å². The molecule has 126 valence electrons. The van der Waals surface area contributed by atoms with Gasteiger partial charge in [0.25, 0.3) is 0 Å². The van der Waals surface area contributed by atoms with E-state index in [4.69, 9.17) is 10.7 Å². The number of nitrogens with zero attached hydrogens (tertiary/aromatic N) is 2. The Kier molecular flexibility index (Phi) is 5.99. The maximum absolute atomic E-state index is 6.56. The van der Waals surface area contributed by atoms with Gasteiger partial charge in [0.15, 0.2) is 5.96 Å². The van der Waals surface area contributed by atoms with Crippen molar-refractivity contribution in [3.63, 3.8) is 0 Å². The minimum absolute atomic E-state index is 0.483. The number of nitrogens with one attached hydrogen (secondary N) is 1. The van der Waals surface area contributed by atoms with Crippen molar-refractivity contribution in [2.24, 2.45) is 10.7 Å². The van der Waals surface area contributed by atoms with Crippen LogP contribution in [-0.2, 0) is 0 Å². The molecule has 1 aliphatic heterocycles. The first kappa shape index (κ1) is 16.1. The largest absolute Gasteiger partial charge is 0.370 e. The average Bonchev–Trinajstić information content (AvgIpc) is 2.58. The topological polar surface area (TPSA) is 53.6 Å². The Balaban J connectivity index is 1.71. The van der Waals surface area contributed by atoms with Gasteiger partial charge in [0.1, 0.15) is 0 Å². The van der Waals surface area contributed by atoms with Gasteiger partial charge in [0, 0.05) is 18.6 Å². The zero-order chi connectivity index (χ0) is 15.2. The van der Waals surface area contributed by atoms with E-state index >= 15 is 0 Å². The highest BCUT2D eigenvalue weighted by atomic mass is 15.3. The summed E-state index contributed by atoms with van der Waals surface area (Å²) in [5, 5.41) is 3.56. The monoisotopic (exact) mass is 306 g/mol. The quantitative estimate of drug-likeness (QED) is 0.622. The molecule has 0 amide bonds. The lowest BCUT2D eigenvalue weighted by Gasteiger charge is -2.43. The predicted molar refractivity (Wildman–Crippen MR) is 93.1 cm³/mol. The van der Waals surface area contributed by atoms with E-state index in [0.717, 1.165) is 19.0 Å². The fourth-order valence-electron chi connectivity index (χ4n) is 4.57. The molecule has 0 aromatic rings. The minimum atomic E-state index is 0.483. The van der Waals surface area contributed by atoms with Gasteiger partial charge in [-0.05, 0) is 45.1 Å². The number of hydrogen-bond acceptors (Lipinski definition) is 2. The van der Waals surface area contributed by atoms with Gasteiger partial charge in [-0.1, -0.05) is 38.5 Å². The fraction of sp³-hybridized carbons (Fsp3) is 0.944. The van der Waals surface area contributed by atoms with Crippen molar-refractivity contribution in [3.8, 4) is 0 Å². The summed E-state index contributed by atoms with van der Waals surface area (Å²) >= 11 is 0. The molecule has 0 aromatic carbocycles. The lowest BCUT2D eigenvalue weighted by atomic mass is 9.92. The maximum Gasteiger partial charge on any atom is 0.192 e. The highest BCUT2D eigenvalue weighted by Crippen LogP contribution is 2.27. The van der Waals surface area contributed by atoms with E-state index in [0.29, 0.717) is 18.1 Å². The lowest BCUT2D eigenvalue weighted by Crippen LogP contribution is -2.56. The van der Waals surface area contributed by atoms with Gasteiger partial charge < -0.3 is 16.0 Å². The van der Waals surface area contributed by atoms with E-state index in [2.05, 4.69) is 10.2 Å². The van der Waals surface area contributed by atoms with Crippen molar-refractivity contribution in [1.29, 1.82) is 0 Å². The molecule has 22 heavy (non-hydrogen) atoms. The molecule has 0 radical (unpaired) electrons. The van der Waals surface area contributed by atoms with E-state index < -0.39 is 0 Å². The molecule has 1 atom stereocenters. The molecular weight excluding hydrogens is 272 g/mol. The summed E-state index contributed by atoms with van der Waals surface area (Å²) in [5.74, 6) is 0.854. The van der Waals surface area contributed by atoms with Crippen LogP contribution in [0.4, 0.5) is 0 Å². The molecular formula is C18H34N4. The van der Waals surface area contributed by atoms with Crippen LogP contribution in [0.3, 0.4) is 0 Å². The Bertz CT molecular complexity index is 332. The maximum atomic E-state index is 6.56. The van der Waals surface area contributed by atoms with Crippen LogP contribution in [0, 0.1) is 0 Å². The number of nitrogens with two attached hydrogens (primary N) is 1. The second kappa shape index (κ2) is 8.19. The van der Waals surface area contributed by atoms with E-state index in [-0.39, 0.29) is 0 Å². The van der Waals surface area contributed by atoms with Crippen LogP contribution in [0.2, 0.25) is 0 Å². The van der Waals surface area contributed by atoms with Crippen LogP contribution in [0.1, 0.15) is 77.0 Å². The SMILES string of the molecule is NC(=NC1CCCCC1)N(C1CCCCC1)C1CCCNC1. The first-order valence-corrected chi connectivity index (χ1v) is 9.67. The molecule has 2 saturated carbocycles. The third kappa shape index (κ3) is 4.15. The Morgan fingerprint density at radius 1 is 0.818 bits per heavy atom. The standard InChI is InChI=1S/C18H34N4/c19-18(21-15-8-3-1-4-9-15)22(16-10-5-2-6-11-16)17-12-7-13-20-14-17/h15-17,20H,1-14H2,(H2,19,21). The number of hydrogen-bond donors (Lipinski definition) is 2. The summed E-state index contributed by atoms with van der Waals surface area (Å²) in [6.45, 7) is 2.24. The van der Waals surface area contributed by atoms with Crippen molar-refractivity contribution >= 4 is 5.96 Å². The lowest BCUT2D eigenvalue weighted by molar-refractivity contribution is 0.162. The zero-order valence-corrected chi connectivity index (χ0v) is 14.1. The van der Waals surface area contributed by atoms with Gasteiger partial charge in [-0.25, -0.2) is 4.99 Å². The Labute approximate surface area is 135 Å². The van der Waals surface area contributed by atoms with Crippen molar-refractivity contribution in [2.75, 3.05) is 13.1 Å². The third-order valence-electron chi connectivity index (χ3n) is 5.79. The normalized spacial score (nSPS) is 29.5. The summed E-state index contributed by atoms with van der Waals surface area (Å²) in [6, 6.07) is 1.67.